The molecule has 0 spiro atoms. The Morgan fingerprint density at radius 1 is 0.808 bits per heavy atom. The molecule has 0 aliphatic carbocycles. The SMILES string of the molecule is CCOC(=O)Cc1ccc(C=C(c2ccccc2)c2ccccc2)cc1. The van der Waals surface area contributed by atoms with Gasteiger partial charge in [0.25, 0.3) is 0 Å². The van der Waals surface area contributed by atoms with Crippen molar-refractivity contribution in [3.8, 4) is 0 Å². The van der Waals surface area contributed by atoms with E-state index in [9.17, 15) is 4.79 Å². The van der Waals surface area contributed by atoms with Crippen molar-refractivity contribution in [2.24, 2.45) is 0 Å². The summed E-state index contributed by atoms with van der Waals surface area (Å²) in [6.07, 6.45) is 2.49. The molecule has 0 aliphatic rings. The Kier molecular flexibility index (Phi) is 6.00. The standard InChI is InChI=1S/C24H22O2/c1-2-26-24(25)18-20-15-13-19(14-16-20)17-23(21-9-5-3-6-10-21)22-11-7-4-8-12-22/h3-17H,2,18H2,1H3. The third kappa shape index (κ3) is 4.70. The minimum atomic E-state index is -0.190. The van der Waals surface area contributed by atoms with E-state index >= 15 is 0 Å². The molecule has 0 bridgehead atoms. The van der Waals surface area contributed by atoms with Crippen LogP contribution in [0.5, 0.6) is 0 Å². The van der Waals surface area contributed by atoms with E-state index in [1.54, 1.807) is 0 Å². The number of rotatable bonds is 6. The zero-order valence-corrected chi connectivity index (χ0v) is 14.9. The number of benzene rings is 3. The lowest BCUT2D eigenvalue weighted by atomic mass is 9.95. The quantitative estimate of drug-likeness (QED) is 0.444. The molecule has 3 aromatic carbocycles. The zero-order chi connectivity index (χ0) is 18.2. The van der Waals surface area contributed by atoms with E-state index in [4.69, 9.17) is 4.74 Å². The molecule has 0 amide bonds. The molecule has 0 atom stereocenters. The lowest BCUT2D eigenvalue weighted by Crippen LogP contribution is -2.07. The molecule has 3 rings (SSSR count). The van der Waals surface area contributed by atoms with Crippen LogP contribution in [0.4, 0.5) is 0 Å². The normalized spacial score (nSPS) is 10.2. The van der Waals surface area contributed by atoms with Crippen LogP contribution in [0.15, 0.2) is 84.9 Å². The van der Waals surface area contributed by atoms with Gasteiger partial charge in [-0.15, -0.1) is 0 Å². The Morgan fingerprint density at radius 3 is 1.85 bits per heavy atom. The van der Waals surface area contributed by atoms with Crippen molar-refractivity contribution in [3.05, 3.63) is 107 Å². The summed E-state index contributed by atoms with van der Waals surface area (Å²) in [7, 11) is 0. The van der Waals surface area contributed by atoms with Crippen molar-refractivity contribution >= 4 is 17.6 Å². The Labute approximate surface area is 154 Å². The number of hydrogen-bond donors (Lipinski definition) is 0. The van der Waals surface area contributed by atoms with E-state index in [2.05, 4.69) is 54.6 Å². The molecule has 3 aromatic rings. The summed E-state index contributed by atoms with van der Waals surface area (Å²) in [4.78, 5) is 11.6. The summed E-state index contributed by atoms with van der Waals surface area (Å²) < 4.78 is 5.01. The van der Waals surface area contributed by atoms with E-state index in [0.717, 1.165) is 11.1 Å². The second-order valence-corrected chi connectivity index (χ2v) is 6.01. The van der Waals surface area contributed by atoms with Crippen LogP contribution in [0, 0.1) is 0 Å². The topological polar surface area (TPSA) is 26.3 Å². The van der Waals surface area contributed by atoms with E-state index < -0.39 is 0 Å². The average molecular weight is 342 g/mol. The number of carbonyl (C=O) groups excluding carboxylic acids is 1. The van der Waals surface area contributed by atoms with E-state index in [0.29, 0.717) is 13.0 Å². The van der Waals surface area contributed by atoms with Crippen LogP contribution in [0.25, 0.3) is 11.6 Å². The second kappa shape index (κ2) is 8.82. The second-order valence-electron chi connectivity index (χ2n) is 6.01. The summed E-state index contributed by atoms with van der Waals surface area (Å²) in [5, 5.41) is 0. The third-order valence-corrected chi connectivity index (χ3v) is 4.11. The Balaban J connectivity index is 1.90. The van der Waals surface area contributed by atoms with Gasteiger partial charge in [-0.3, -0.25) is 4.79 Å². The van der Waals surface area contributed by atoms with Crippen LogP contribution in [-0.4, -0.2) is 12.6 Å². The van der Waals surface area contributed by atoms with Gasteiger partial charge in [0.1, 0.15) is 0 Å². The van der Waals surface area contributed by atoms with E-state index in [1.807, 2.05) is 43.3 Å². The molecule has 0 fully saturated rings. The molecule has 130 valence electrons. The van der Waals surface area contributed by atoms with Crippen LogP contribution < -0.4 is 0 Å². The van der Waals surface area contributed by atoms with Crippen molar-refractivity contribution < 1.29 is 9.53 Å². The van der Waals surface area contributed by atoms with Gasteiger partial charge in [0.2, 0.25) is 0 Å². The fraction of sp³-hybridized carbons (Fsp3) is 0.125. The number of hydrogen-bond acceptors (Lipinski definition) is 2. The highest BCUT2D eigenvalue weighted by Crippen LogP contribution is 2.26. The molecule has 26 heavy (non-hydrogen) atoms. The fourth-order valence-corrected chi connectivity index (χ4v) is 2.85. The van der Waals surface area contributed by atoms with Gasteiger partial charge < -0.3 is 4.74 Å². The molecule has 2 heteroatoms. The van der Waals surface area contributed by atoms with Crippen LogP contribution in [0.3, 0.4) is 0 Å². The van der Waals surface area contributed by atoms with Gasteiger partial charge in [-0.2, -0.15) is 0 Å². The smallest absolute Gasteiger partial charge is 0.310 e. The number of carbonyl (C=O) groups is 1. The maximum atomic E-state index is 11.6. The van der Waals surface area contributed by atoms with Crippen LogP contribution in [0.1, 0.15) is 29.2 Å². The summed E-state index contributed by atoms with van der Waals surface area (Å²) >= 11 is 0. The molecule has 0 aliphatic heterocycles. The minimum absolute atomic E-state index is 0.190. The Morgan fingerprint density at radius 2 is 1.35 bits per heavy atom. The highest BCUT2D eigenvalue weighted by molar-refractivity contribution is 5.91. The fourth-order valence-electron chi connectivity index (χ4n) is 2.85. The number of esters is 1. The first-order chi connectivity index (χ1) is 12.8. The van der Waals surface area contributed by atoms with Gasteiger partial charge in [0.05, 0.1) is 13.0 Å². The first-order valence-corrected chi connectivity index (χ1v) is 8.83. The van der Waals surface area contributed by atoms with Crippen LogP contribution in [-0.2, 0) is 16.0 Å². The van der Waals surface area contributed by atoms with Gasteiger partial charge in [-0.1, -0.05) is 84.9 Å². The maximum absolute atomic E-state index is 11.6. The van der Waals surface area contributed by atoms with Gasteiger partial charge in [0.15, 0.2) is 0 Å². The van der Waals surface area contributed by atoms with E-state index in [1.165, 1.54) is 16.7 Å². The molecule has 0 saturated heterocycles. The third-order valence-electron chi connectivity index (χ3n) is 4.11. The zero-order valence-electron chi connectivity index (χ0n) is 14.9. The molecular weight excluding hydrogens is 320 g/mol. The van der Waals surface area contributed by atoms with Gasteiger partial charge in [0, 0.05) is 0 Å². The largest absolute Gasteiger partial charge is 0.466 e. The predicted octanol–water partition coefficient (Wildman–Crippen LogP) is 5.38. The Bertz CT molecular complexity index is 822. The molecule has 0 aromatic heterocycles. The first-order valence-electron chi connectivity index (χ1n) is 8.83. The minimum Gasteiger partial charge on any atom is -0.466 e. The van der Waals surface area contributed by atoms with Crippen LogP contribution >= 0.6 is 0 Å². The average Bonchev–Trinajstić information content (AvgIpc) is 2.69. The molecule has 2 nitrogen and oxygen atoms in total. The summed E-state index contributed by atoms with van der Waals surface area (Å²) in [6, 6.07) is 28.8. The van der Waals surface area contributed by atoms with Crippen molar-refractivity contribution in [1.82, 2.24) is 0 Å². The molecule has 0 unspecified atom stereocenters. The lowest BCUT2D eigenvalue weighted by Gasteiger charge is -2.09. The summed E-state index contributed by atoms with van der Waals surface area (Å²) in [6.45, 7) is 2.23. The maximum Gasteiger partial charge on any atom is 0.310 e. The van der Waals surface area contributed by atoms with Gasteiger partial charge in [-0.05, 0) is 40.8 Å². The van der Waals surface area contributed by atoms with Gasteiger partial charge >= 0.3 is 5.97 Å². The van der Waals surface area contributed by atoms with Crippen molar-refractivity contribution in [2.45, 2.75) is 13.3 Å². The van der Waals surface area contributed by atoms with Crippen LogP contribution in [0.2, 0.25) is 0 Å². The number of ether oxygens (including phenoxy) is 1. The summed E-state index contributed by atoms with van der Waals surface area (Å²) in [5.41, 5.74) is 5.58. The van der Waals surface area contributed by atoms with Gasteiger partial charge in [-0.25, -0.2) is 0 Å². The highest BCUT2D eigenvalue weighted by atomic mass is 16.5. The molecule has 0 saturated carbocycles. The molecule has 0 radical (unpaired) electrons. The molecule has 0 N–H and O–H groups in total. The van der Waals surface area contributed by atoms with Crippen molar-refractivity contribution in [2.75, 3.05) is 6.61 Å². The highest BCUT2D eigenvalue weighted by Gasteiger charge is 2.06. The Hall–Kier alpha value is -3.13. The molecule has 0 heterocycles. The van der Waals surface area contributed by atoms with Crippen molar-refractivity contribution in [3.63, 3.8) is 0 Å². The van der Waals surface area contributed by atoms with Crippen molar-refractivity contribution in [1.29, 1.82) is 0 Å². The predicted molar refractivity (Wildman–Crippen MR) is 107 cm³/mol. The monoisotopic (exact) mass is 342 g/mol. The lowest BCUT2D eigenvalue weighted by molar-refractivity contribution is -0.142. The van der Waals surface area contributed by atoms with E-state index in [-0.39, 0.29) is 5.97 Å². The first kappa shape index (κ1) is 17.7. The summed E-state index contributed by atoms with van der Waals surface area (Å²) in [5.74, 6) is -0.190. The molecular formula is C24H22O2.